The lowest BCUT2D eigenvalue weighted by Crippen LogP contribution is -2.35. The summed E-state index contributed by atoms with van der Waals surface area (Å²) >= 11 is 0. The maximum Gasteiger partial charge on any atom is 0.453 e. The highest BCUT2D eigenvalue weighted by atomic mass is 19.4. The van der Waals surface area contributed by atoms with Gasteiger partial charge in [0.2, 0.25) is 5.78 Å². The minimum atomic E-state index is -4.79. The molecular weight excluding hydrogens is 587 g/mol. The lowest BCUT2D eigenvalue weighted by atomic mass is 9.92. The predicted octanol–water partition coefficient (Wildman–Crippen LogP) is 6.06. The van der Waals surface area contributed by atoms with Crippen LogP contribution in [0.1, 0.15) is 80.2 Å². The first-order valence-corrected chi connectivity index (χ1v) is 15.1. The van der Waals surface area contributed by atoms with Crippen LogP contribution in [0.5, 0.6) is 0 Å². The Morgan fingerprint density at radius 3 is 2.42 bits per heavy atom. The van der Waals surface area contributed by atoms with Crippen LogP contribution in [0.25, 0.3) is 16.9 Å². The fraction of sp³-hybridized carbons (Fsp3) is 0.424. The van der Waals surface area contributed by atoms with Crippen LogP contribution in [0.4, 0.5) is 13.2 Å². The second-order valence-electron chi connectivity index (χ2n) is 11.1. The Kier molecular flexibility index (Phi) is 9.68. The second-order valence-corrected chi connectivity index (χ2v) is 11.1. The van der Waals surface area contributed by atoms with E-state index in [0.29, 0.717) is 55.3 Å². The first-order valence-electron chi connectivity index (χ1n) is 15.1. The van der Waals surface area contributed by atoms with Gasteiger partial charge in [0.1, 0.15) is 6.61 Å². The summed E-state index contributed by atoms with van der Waals surface area (Å²) in [6.07, 6.45) is -1.97. The van der Waals surface area contributed by atoms with Crippen molar-refractivity contribution in [2.45, 2.75) is 77.1 Å². The van der Waals surface area contributed by atoms with Crippen molar-refractivity contribution in [3.63, 3.8) is 0 Å². The zero-order valence-corrected chi connectivity index (χ0v) is 25.1. The van der Waals surface area contributed by atoms with Crippen molar-refractivity contribution >= 4 is 11.7 Å². The van der Waals surface area contributed by atoms with Gasteiger partial charge in [0.15, 0.2) is 0 Å². The van der Waals surface area contributed by atoms with Gasteiger partial charge in [0.25, 0.3) is 11.4 Å². The number of esters is 1. The molecule has 0 N–H and O–H groups in total. The fourth-order valence-corrected chi connectivity index (χ4v) is 5.95. The topological polar surface area (TPSA) is 112 Å². The van der Waals surface area contributed by atoms with Crippen molar-refractivity contribution in [3.05, 3.63) is 87.1 Å². The van der Waals surface area contributed by atoms with E-state index in [1.165, 1.54) is 9.08 Å². The fourth-order valence-electron chi connectivity index (χ4n) is 5.95. The number of rotatable bonds is 10. The van der Waals surface area contributed by atoms with Gasteiger partial charge in [-0.3, -0.25) is 9.36 Å². The molecule has 4 aromatic rings. The van der Waals surface area contributed by atoms with Crippen LogP contribution in [-0.2, 0) is 33.3 Å². The molecule has 0 saturated heterocycles. The van der Waals surface area contributed by atoms with Gasteiger partial charge < -0.3 is 9.47 Å². The zero-order valence-electron chi connectivity index (χ0n) is 25.1. The normalized spacial score (nSPS) is 16.9. The maximum atomic E-state index is 14.3. The van der Waals surface area contributed by atoms with Crippen molar-refractivity contribution in [1.29, 1.82) is 5.26 Å². The molecule has 12 heteroatoms. The largest absolute Gasteiger partial charge is 0.464 e. The van der Waals surface area contributed by atoms with Gasteiger partial charge >= 0.3 is 12.1 Å². The molecule has 0 aliphatic heterocycles. The van der Waals surface area contributed by atoms with Crippen LogP contribution in [0, 0.1) is 11.3 Å². The van der Waals surface area contributed by atoms with Gasteiger partial charge in [-0.15, -0.1) is 5.10 Å². The highest BCUT2D eigenvalue weighted by molar-refractivity contribution is 5.71. The molecule has 2 aromatic heterocycles. The van der Waals surface area contributed by atoms with E-state index in [9.17, 15) is 28.0 Å². The van der Waals surface area contributed by atoms with Gasteiger partial charge in [-0.25, -0.2) is 9.31 Å². The summed E-state index contributed by atoms with van der Waals surface area (Å²) in [4.78, 5) is 29.8. The number of ether oxygens (including phenoxy) is 2. The zero-order chi connectivity index (χ0) is 32.1. The van der Waals surface area contributed by atoms with Crippen LogP contribution in [0.15, 0.2) is 53.3 Å². The molecule has 2 heterocycles. The van der Waals surface area contributed by atoms with Crippen molar-refractivity contribution in [3.8, 4) is 17.2 Å². The molecule has 0 bridgehead atoms. The molecule has 236 valence electrons. The molecular formula is C33H34F3N5O4. The van der Waals surface area contributed by atoms with Gasteiger partial charge in [0.05, 0.1) is 30.0 Å². The molecule has 5 rings (SSSR count). The second kappa shape index (κ2) is 13.6. The van der Waals surface area contributed by atoms with E-state index < -0.39 is 24.0 Å². The summed E-state index contributed by atoms with van der Waals surface area (Å²) in [6.45, 7) is 3.67. The van der Waals surface area contributed by atoms with Gasteiger partial charge in [-0.2, -0.15) is 23.4 Å². The van der Waals surface area contributed by atoms with Gasteiger partial charge in [-0.1, -0.05) is 55.8 Å². The Morgan fingerprint density at radius 2 is 1.78 bits per heavy atom. The lowest BCUT2D eigenvalue weighted by Gasteiger charge is -2.30. The highest BCUT2D eigenvalue weighted by Crippen LogP contribution is 2.33. The van der Waals surface area contributed by atoms with E-state index in [4.69, 9.17) is 9.47 Å². The Bertz CT molecular complexity index is 1760. The number of hydrogen-bond acceptors (Lipinski definition) is 7. The molecule has 45 heavy (non-hydrogen) atoms. The van der Waals surface area contributed by atoms with Crippen molar-refractivity contribution in [2.75, 3.05) is 13.2 Å². The minimum Gasteiger partial charge on any atom is -0.464 e. The summed E-state index contributed by atoms with van der Waals surface area (Å²) in [6, 6.07) is 16.5. The van der Waals surface area contributed by atoms with E-state index in [2.05, 4.69) is 16.2 Å². The molecule has 0 spiro atoms. The molecule has 1 saturated carbocycles. The highest BCUT2D eigenvalue weighted by Gasteiger charge is 2.38. The number of halogens is 3. The van der Waals surface area contributed by atoms with Crippen LogP contribution in [0.3, 0.4) is 0 Å². The third-order valence-electron chi connectivity index (χ3n) is 8.07. The number of fused-ring (bicyclic) bond motifs is 1. The molecule has 2 aromatic carbocycles. The quantitative estimate of drug-likeness (QED) is 0.198. The summed E-state index contributed by atoms with van der Waals surface area (Å²) in [5.74, 6) is -1.88. The van der Waals surface area contributed by atoms with Gasteiger partial charge in [-0.05, 0) is 61.8 Å². The molecule has 1 aliphatic carbocycles. The average molecular weight is 622 g/mol. The third kappa shape index (κ3) is 6.93. The molecule has 1 aliphatic rings. The molecule has 0 amide bonds. The average Bonchev–Trinajstić information content (AvgIpc) is 3.49. The summed E-state index contributed by atoms with van der Waals surface area (Å²) in [5, 5.41) is 13.4. The third-order valence-corrected chi connectivity index (χ3v) is 8.07. The van der Waals surface area contributed by atoms with E-state index >= 15 is 0 Å². The molecule has 9 nitrogen and oxygen atoms in total. The number of hydrogen-bond donors (Lipinski definition) is 0. The van der Waals surface area contributed by atoms with Crippen LogP contribution < -0.4 is 5.56 Å². The first-order chi connectivity index (χ1) is 21.6. The number of carbonyl (C=O) groups excluding carboxylic acids is 1. The van der Waals surface area contributed by atoms with Gasteiger partial charge in [0, 0.05) is 18.0 Å². The number of alkyl halides is 3. The van der Waals surface area contributed by atoms with Crippen LogP contribution >= 0.6 is 0 Å². The summed E-state index contributed by atoms with van der Waals surface area (Å²) in [7, 11) is 0. The minimum absolute atomic E-state index is 0.126. The Hall–Kier alpha value is -4.50. The molecule has 0 radical (unpaired) electrons. The van der Waals surface area contributed by atoms with E-state index in [1.54, 1.807) is 19.1 Å². The standard InChI is InChI=1S/C33H34F3N5O4/c1-3-7-28-27(18-21-10-12-22(13-11-21)26-9-6-5-8-23(26)19-37)30(43)40(32-38-31(33(34,35)36)39-41(28)32)24-14-16-25(17-15-24)45-20-29(42)44-4-2/h5-6,8-13,24-25H,3-4,7,14-18,20H2,1-2H3. The van der Waals surface area contributed by atoms with E-state index in [0.717, 1.165) is 16.7 Å². The number of nitrogens with zero attached hydrogens (tertiary/aromatic N) is 5. The van der Waals surface area contributed by atoms with Crippen molar-refractivity contribution in [2.24, 2.45) is 0 Å². The summed E-state index contributed by atoms with van der Waals surface area (Å²) in [5.41, 5.74) is 3.34. The molecule has 1 fully saturated rings. The maximum absolute atomic E-state index is 14.3. The Balaban J connectivity index is 1.52. The predicted molar refractivity (Wildman–Crippen MR) is 160 cm³/mol. The Morgan fingerprint density at radius 1 is 1.07 bits per heavy atom. The number of nitriles is 1. The number of aryl methyl sites for hydroxylation is 1. The number of carbonyl (C=O) groups is 1. The van der Waals surface area contributed by atoms with Crippen molar-refractivity contribution < 1.29 is 27.4 Å². The van der Waals surface area contributed by atoms with Crippen LogP contribution in [-0.4, -0.2) is 44.5 Å². The first kappa shape index (κ1) is 31.9. The monoisotopic (exact) mass is 621 g/mol. The van der Waals surface area contributed by atoms with Crippen LogP contribution in [0.2, 0.25) is 0 Å². The SMILES string of the molecule is CCCc1c(Cc2ccc(-c3ccccc3C#N)cc2)c(=O)n(C2CCC(OCC(=O)OCC)CC2)c2nc(C(F)(F)F)nn12. The number of benzene rings is 2. The summed E-state index contributed by atoms with van der Waals surface area (Å²) < 4.78 is 54.7. The van der Waals surface area contributed by atoms with E-state index in [1.807, 2.05) is 43.3 Å². The smallest absolute Gasteiger partial charge is 0.453 e. The molecule has 0 unspecified atom stereocenters. The lowest BCUT2D eigenvalue weighted by molar-refractivity contribution is -0.151. The van der Waals surface area contributed by atoms with E-state index in [-0.39, 0.29) is 37.1 Å². The Labute approximate surface area is 258 Å². The number of aromatic nitrogens is 4. The molecule has 0 atom stereocenters. The van der Waals surface area contributed by atoms with Crippen molar-refractivity contribution in [1.82, 2.24) is 19.2 Å².